The molecule has 3 aromatic rings. The minimum atomic E-state index is -0.961. The van der Waals surface area contributed by atoms with Gasteiger partial charge in [-0.1, -0.05) is 36.4 Å². The molecule has 3 amide bonds. The van der Waals surface area contributed by atoms with Gasteiger partial charge in [0.2, 0.25) is 5.91 Å². The normalized spacial score (nSPS) is 12.1. The summed E-state index contributed by atoms with van der Waals surface area (Å²) in [7, 11) is 5.15. The van der Waals surface area contributed by atoms with Crippen molar-refractivity contribution in [3.63, 3.8) is 0 Å². The van der Waals surface area contributed by atoms with Gasteiger partial charge in [0.1, 0.15) is 18.7 Å². The van der Waals surface area contributed by atoms with Crippen LogP contribution in [0.2, 0.25) is 0 Å². The Balaban J connectivity index is 1.49. The van der Waals surface area contributed by atoms with Gasteiger partial charge >= 0.3 is 12.1 Å². The van der Waals surface area contributed by atoms with Crippen molar-refractivity contribution in [3.05, 3.63) is 90.0 Å². The number of azo groups is 1. The highest BCUT2D eigenvalue weighted by Gasteiger charge is 2.25. The first-order valence-corrected chi connectivity index (χ1v) is 14.6. The van der Waals surface area contributed by atoms with Crippen LogP contribution in [0.4, 0.5) is 21.9 Å². The summed E-state index contributed by atoms with van der Waals surface area (Å²) in [5.74, 6) is -1.43. The van der Waals surface area contributed by atoms with Crippen LogP contribution in [-0.2, 0) is 25.7 Å². The van der Waals surface area contributed by atoms with Gasteiger partial charge in [0.15, 0.2) is 0 Å². The van der Waals surface area contributed by atoms with Crippen LogP contribution >= 0.6 is 0 Å². The molecule has 0 aromatic heterocycles. The van der Waals surface area contributed by atoms with Crippen molar-refractivity contribution < 1.29 is 28.7 Å². The van der Waals surface area contributed by atoms with Crippen molar-refractivity contribution in [1.82, 2.24) is 16.0 Å². The van der Waals surface area contributed by atoms with Crippen LogP contribution in [0.25, 0.3) is 0 Å². The zero-order valence-electron chi connectivity index (χ0n) is 26.0. The molecular formula is C33H40N6O6. The average Bonchev–Trinajstić information content (AvgIpc) is 3.05. The van der Waals surface area contributed by atoms with E-state index in [1.807, 2.05) is 73.6 Å². The Morgan fingerprint density at radius 1 is 0.844 bits per heavy atom. The summed E-state index contributed by atoms with van der Waals surface area (Å²) in [5.41, 5.74) is 3.52. The molecule has 3 rings (SSSR count). The molecular weight excluding hydrogens is 576 g/mol. The van der Waals surface area contributed by atoms with Crippen LogP contribution in [0.15, 0.2) is 89.1 Å². The zero-order valence-corrected chi connectivity index (χ0v) is 26.0. The van der Waals surface area contributed by atoms with Gasteiger partial charge in [-0.15, -0.1) is 0 Å². The monoisotopic (exact) mass is 616 g/mol. The number of carbonyl (C=O) groups excluding carboxylic acids is 4. The highest BCUT2D eigenvalue weighted by molar-refractivity contribution is 5.95. The maximum Gasteiger partial charge on any atom is 0.408 e. The molecule has 0 aliphatic rings. The number of ether oxygens (including phenoxy) is 2. The van der Waals surface area contributed by atoms with E-state index in [0.29, 0.717) is 36.3 Å². The lowest BCUT2D eigenvalue weighted by Gasteiger charge is -2.20. The molecule has 12 heteroatoms. The summed E-state index contributed by atoms with van der Waals surface area (Å²) < 4.78 is 9.93. The molecule has 0 heterocycles. The minimum Gasteiger partial charge on any atom is -0.467 e. The predicted molar refractivity (Wildman–Crippen MR) is 171 cm³/mol. The molecule has 2 atom stereocenters. The van der Waals surface area contributed by atoms with E-state index < -0.39 is 30.1 Å². The summed E-state index contributed by atoms with van der Waals surface area (Å²) in [6, 6.07) is 21.8. The number of hydrogen-bond donors (Lipinski definition) is 3. The first-order chi connectivity index (χ1) is 21.7. The fourth-order valence-electron chi connectivity index (χ4n) is 4.15. The van der Waals surface area contributed by atoms with E-state index in [1.54, 1.807) is 24.3 Å². The van der Waals surface area contributed by atoms with E-state index in [1.165, 1.54) is 14.0 Å². The Hall–Kier alpha value is -5.26. The highest BCUT2D eigenvalue weighted by Crippen LogP contribution is 2.22. The number of carbonyl (C=O) groups is 4. The number of rotatable bonds is 15. The van der Waals surface area contributed by atoms with Crippen LogP contribution < -0.4 is 20.9 Å². The maximum atomic E-state index is 12.9. The molecule has 238 valence electrons. The van der Waals surface area contributed by atoms with Crippen molar-refractivity contribution in [2.75, 3.05) is 32.6 Å². The third-order valence-corrected chi connectivity index (χ3v) is 6.70. The zero-order chi connectivity index (χ0) is 32.6. The van der Waals surface area contributed by atoms with Gasteiger partial charge in [-0.2, -0.15) is 10.2 Å². The third-order valence-electron chi connectivity index (χ3n) is 6.70. The summed E-state index contributed by atoms with van der Waals surface area (Å²) in [6.07, 6.45) is 0.512. The SMILES string of the molecule is COC(=O)[C@H](C)NC(=O)[C@H](CCCCNC(=O)c1cccc(N=Nc2ccc(N(C)C)cc2)c1)NC(=O)OCc1ccccc1. The highest BCUT2D eigenvalue weighted by atomic mass is 16.5. The van der Waals surface area contributed by atoms with Crippen LogP contribution in [0.5, 0.6) is 0 Å². The summed E-state index contributed by atoms with van der Waals surface area (Å²) in [6.45, 7) is 1.87. The molecule has 0 saturated heterocycles. The molecule has 12 nitrogen and oxygen atoms in total. The van der Waals surface area contributed by atoms with Crippen LogP contribution in [0.3, 0.4) is 0 Å². The Morgan fingerprint density at radius 2 is 1.56 bits per heavy atom. The van der Waals surface area contributed by atoms with Gasteiger partial charge in [-0.25, -0.2) is 9.59 Å². The van der Waals surface area contributed by atoms with E-state index in [-0.39, 0.29) is 18.9 Å². The van der Waals surface area contributed by atoms with Gasteiger partial charge in [0, 0.05) is 31.9 Å². The van der Waals surface area contributed by atoms with E-state index in [9.17, 15) is 19.2 Å². The molecule has 0 spiro atoms. The van der Waals surface area contributed by atoms with Gasteiger partial charge < -0.3 is 30.3 Å². The third kappa shape index (κ3) is 11.7. The van der Waals surface area contributed by atoms with E-state index in [4.69, 9.17) is 4.74 Å². The molecule has 0 aliphatic heterocycles. The molecule has 0 radical (unpaired) electrons. The maximum absolute atomic E-state index is 12.9. The standard InChI is InChI=1S/C33H40N6O6/c1-23(32(42)44-4)35-31(41)29(36-33(43)45-22-24-11-6-5-7-12-24)15-8-9-20-34-30(40)25-13-10-14-27(21-25)38-37-26-16-18-28(19-17-26)39(2)3/h5-7,10-14,16-19,21,23,29H,8-9,15,20,22H2,1-4H3,(H,34,40)(H,35,41)(H,36,43)/t23-,29-/m0/s1. The van der Waals surface area contributed by atoms with Gasteiger partial charge in [-0.05, 0) is 74.2 Å². The molecule has 45 heavy (non-hydrogen) atoms. The largest absolute Gasteiger partial charge is 0.467 e. The average molecular weight is 617 g/mol. The molecule has 0 saturated carbocycles. The first kappa shape index (κ1) is 34.2. The quantitative estimate of drug-likeness (QED) is 0.123. The second-order valence-corrected chi connectivity index (χ2v) is 10.4. The fraction of sp³-hybridized carbons (Fsp3) is 0.333. The fourth-order valence-corrected chi connectivity index (χ4v) is 4.15. The smallest absolute Gasteiger partial charge is 0.408 e. The van der Waals surface area contributed by atoms with Gasteiger partial charge in [0.05, 0.1) is 18.5 Å². The number of alkyl carbamates (subject to hydrolysis) is 1. The molecule has 3 N–H and O–H groups in total. The van der Waals surface area contributed by atoms with Crippen LogP contribution in [0, 0.1) is 0 Å². The Labute approximate surface area is 263 Å². The molecule has 0 unspecified atom stereocenters. The number of hydrogen-bond acceptors (Lipinski definition) is 9. The van der Waals surface area contributed by atoms with Crippen molar-refractivity contribution in [2.24, 2.45) is 10.2 Å². The number of unbranched alkanes of at least 4 members (excludes halogenated alkanes) is 1. The Bertz CT molecular complexity index is 1450. The molecule has 0 aliphatic carbocycles. The number of methoxy groups -OCH3 is 1. The Kier molecular flexibility index (Phi) is 13.5. The molecule has 0 bridgehead atoms. The van der Waals surface area contributed by atoms with Crippen molar-refractivity contribution in [3.8, 4) is 0 Å². The summed E-state index contributed by atoms with van der Waals surface area (Å²) >= 11 is 0. The number of esters is 1. The molecule has 0 fully saturated rings. The Morgan fingerprint density at radius 3 is 2.24 bits per heavy atom. The molecule has 3 aromatic carbocycles. The van der Waals surface area contributed by atoms with Crippen LogP contribution in [0.1, 0.15) is 42.1 Å². The van der Waals surface area contributed by atoms with Crippen molar-refractivity contribution >= 4 is 40.9 Å². The first-order valence-electron chi connectivity index (χ1n) is 14.6. The van der Waals surface area contributed by atoms with E-state index in [0.717, 1.165) is 11.3 Å². The summed E-state index contributed by atoms with van der Waals surface area (Å²) in [5, 5.41) is 16.5. The van der Waals surface area contributed by atoms with E-state index >= 15 is 0 Å². The topological polar surface area (TPSA) is 151 Å². The van der Waals surface area contributed by atoms with Crippen molar-refractivity contribution in [2.45, 2.75) is 44.9 Å². The number of amides is 3. The number of anilines is 1. The minimum absolute atomic E-state index is 0.0397. The lowest BCUT2D eigenvalue weighted by atomic mass is 10.1. The van der Waals surface area contributed by atoms with Gasteiger partial charge in [-0.3, -0.25) is 9.59 Å². The second kappa shape index (κ2) is 17.8. The number of benzene rings is 3. The number of nitrogens with one attached hydrogen (secondary N) is 3. The van der Waals surface area contributed by atoms with Crippen LogP contribution in [-0.4, -0.2) is 63.7 Å². The summed E-state index contributed by atoms with van der Waals surface area (Å²) in [4.78, 5) is 51.9. The van der Waals surface area contributed by atoms with Crippen molar-refractivity contribution in [1.29, 1.82) is 0 Å². The lowest BCUT2D eigenvalue weighted by Crippen LogP contribution is -2.51. The predicted octanol–water partition coefficient (Wildman–Crippen LogP) is 5.04. The lowest BCUT2D eigenvalue weighted by molar-refractivity contribution is -0.144. The van der Waals surface area contributed by atoms with E-state index in [2.05, 4.69) is 30.9 Å². The second-order valence-electron chi connectivity index (χ2n) is 10.4. The van der Waals surface area contributed by atoms with Gasteiger partial charge in [0.25, 0.3) is 5.91 Å². The number of nitrogens with zero attached hydrogens (tertiary/aromatic N) is 3.